The third kappa shape index (κ3) is 1.92. The van der Waals surface area contributed by atoms with Crippen LogP contribution in [0.25, 0.3) is 0 Å². The maximum absolute atomic E-state index is 6.09. The van der Waals surface area contributed by atoms with Crippen molar-refractivity contribution >= 4 is 0 Å². The average molecular weight is 203 g/mol. The lowest BCUT2D eigenvalue weighted by atomic mass is 10.1. The molecule has 0 amide bonds. The smallest absolute Gasteiger partial charge is 0.0715 e. The zero-order chi connectivity index (χ0) is 10.1. The number of benzene rings is 1. The fourth-order valence-corrected chi connectivity index (χ4v) is 2.63. The molecule has 1 saturated heterocycles. The molecule has 1 aliphatic carbocycles. The Balaban J connectivity index is 1.63. The minimum absolute atomic E-state index is 0.423. The molecule has 2 heteroatoms. The van der Waals surface area contributed by atoms with Gasteiger partial charge < -0.3 is 10.1 Å². The topological polar surface area (TPSA) is 21.3 Å². The van der Waals surface area contributed by atoms with Gasteiger partial charge in [0.1, 0.15) is 0 Å². The van der Waals surface area contributed by atoms with Crippen LogP contribution < -0.4 is 5.32 Å². The lowest BCUT2D eigenvalue weighted by molar-refractivity contribution is 0.00529. The lowest BCUT2D eigenvalue weighted by Crippen LogP contribution is -2.24. The van der Waals surface area contributed by atoms with E-state index in [-0.39, 0.29) is 0 Å². The predicted octanol–water partition coefficient (Wildman–Crippen LogP) is 1.53. The van der Waals surface area contributed by atoms with E-state index in [0.29, 0.717) is 12.2 Å². The molecule has 1 atom stereocenters. The van der Waals surface area contributed by atoms with Gasteiger partial charge in [0, 0.05) is 6.54 Å². The highest BCUT2D eigenvalue weighted by atomic mass is 16.5. The second kappa shape index (κ2) is 3.95. The third-order valence-corrected chi connectivity index (χ3v) is 3.41. The first kappa shape index (κ1) is 9.37. The van der Waals surface area contributed by atoms with Crippen LogP contribution >= 0.6 is 0 Å². The number of hydrogen-bond acceptors (Lipinski definition) is 2. The van der Waals surface area contributed by atoms with E-state index >= 15 is 0 Å². The van der Waals surface area contributed by atoms with Crippen LogP contribution in [-0.2, 0) is 17.6 Å². The van der Waals surface area contributed by atoms with Gasteiger partial charge in [0.05, 0.1) is 12.2 Å². The standard InChI is InChI=1S/C13H17NO/c1-2-4-11-8-13(7-10(11)3-1)15-12-5-6-14-9-12/h1-4,12-14H,5-9H2. The van der Waals surface area contributed by atoms with Crippen LogP contribution in [-0.4, -0.2) is 25.3 Å². The fraction of sp³-hybridized carbons (Fsp3) is 0.538. The summed E-state index contributed by atoms with van der Waals surface area (Å²) in [6.07, 6.45) is 4.25. The molecule has 0 saturated carbocycles. The van der Waals surface area contributed by atoms with E-state index < -0.39 is 0 Å². The Morgan fingerprint density at radius 2 is 1.80 bits per heavy atom. The van der Waals surface area contributed by atoms with Crippen molar-refractivity contribution in [2.24, 2.45) is 0 Å². The van der Waals surface area contributed by atoms with Gasteiger partial charge in [0.2, 0.25) is 0 Å². The summed E-state index contributed by atoms with van der Waals surface area (Å²) in [5.41, 5.74) is 2.96. The number of rotatable bonds is 2. The third-order valence-electron chi connectivity index (χ3n) is 3.41. The molecule has 2 aliphatic rings. The van der Waals surface area contributed by atoms with Gasteiger partial charge in [0.25, 0.3) is 0 Å². The number of fused-ring (bicyclic) bond motifs is 1. The Morgan fingerprint density at radius 1 is 1.07 bits per heavy atom. The van der Waals surface area contributed by atoms with E-state index in [0.717, 1.165) is 25.9 Å². The molecule has 80 valence electrons. The van der Waals surface area contributed by atoms with Crippen molar-refractivity contribution in [3.8, 4) is 0 Å². The summed E-state index contributed by atoms with van der Waals surface area (Å²) in [4.78, 5) is 0. The zero-order valence-electron chi connectivity index (χ0n) is 8.91. The van der Waals surface area contributed by atoms with Crippen LogP contribution in [0.4, 0.5) is 0 Å². The normalized spacial score (nSPS) is 25.7. The largest absolute Gasteiger partial charge is 0.373 e. The van der Waals surface area contributed by atoms with Crippen LogP contribution in [0.3, 0.4) is 0 Å². The number of hydrogen-bond donors (Lipinski definition) is 1. The van der Waals surface area contributed by atoms with Crippen molar-refractivity contribution in [2.45, 2.75) is 31.5 Å². The summed E-state index contributed by atoms with van der Waals surface area (Å²) in [5.74, 6) is 0. The van der Waals surface area contributed by atoms with Gasteiger partial charge >= 0.3 is 0 Å². The quantitative estimate of drug-likeness (QED) is 0.787. The fourth-order valence-electron chi connectivity index (χ4n) is 2.63. The molecule has 2 nitrogen and oxygen atoms in total. The summed E-state index contributed by atoms with van der Waals surface area (Å²) in [7, 11) is 0. The molecule has 0 radical (unpaired) electrons. The second-order valence-electron chi connectivity index (χ2n) is 4.55. The Hall–Kier alpha value is -0.860. The molecule has 1 heterocycles. The van der Waals surface area contributed by atoms with Crippen LogP contribution in [0, 0.1) is 0 Å². The molecule has 1 N–H and O–H groups in total. The lowest BCUT2D eigenvalue weighted by Gasteiger charge is -2.16. The first-order chi connectivity index (χ1) is 7.42. The summed E-state index contributed by atoms with van der Waals surface area (Å²) < 4.78 is 6.09. The first-order valence-corrected chi connectivity index (χ1v) is 5.85. The molecule has 1 aliphatic heterocycles. The van der Waals surface area contributed by atoms with Gasteiger partial charge in [-0.1, -0.05) is 24.3 Å². The predicted molar refractivity (Wildman–Crippen MR) is 60.0 cm³/mol. The molecule has 1 unspecified atom stereocenters. The van der Waals surface area contributed by atoms with Gasteiger partial charge in [-0.25, -0.2) is 0 Å². The molecule has 15 heavy (non-hydrogen) atoms. The minimum Gasteiger partial charge on any atom is -0.373 e. The van der Waals surface area contributed by atoms with E-state index in [1.807, 2.05) is 0 Å². The molecule has 0 spiro atoms. The summed E-state index contributed by atoms with van der Waals surface area (Å²) in [6.45, 7) is 2.15. The van der Waals surface area contributed by atoms with Crippen molar-refractivity contribution in [2.75, 3.05) is 13.1 Å². The van der Waals surface area contributed by atoms with E-state index in [1.165, 1.54) is 17.5 Å². The molecular weight excluding hydrogens is 186 g/mol. The van der Waals surface area contributed by atoms with E-state index in [4.69, 9.17) is 4.74 Å². The Kier molecular flexibility index (Phi) is 2.47. The van der Waals surface area contributed by atoms with Crippen LogP contribution in [0.1, 0.15) is 17.5 Å². The van der Waals surface area contributed by atoms with E-state index in [2.05, 4.69) is 29.6 Å². The average Bonchev–Trinajstić information content (AvgIpc) is 2.86. The Morgan fingerprint density at radius 3 is 2.40 bits per heavy atom. The van der Waals surface area contributed by atoms with Gasteiger partial charge in [-0.15, -0.1) is 0 Å². The van der Waals surface area contributed by atoms with Crippen molar-refractivity contribution in [3.63, 3.8) is 0 Å². The molecule has 3 rings (SSSR count). The minimum atomic E-state index is 0.423. The van der Waals surface area contributed by atoms with Gasteiger partial charge in [-0.3, -0.25) is 0 Å². The van der Waals surface area contributed by atoms with Crippen LogP contribution in [0.15, 0.2) is 24.3 Å². The highest BCUT2D eigenvalue weighted by Gasteiger charge is 2.25. The zero-order valence-corrected chi connectivity index (χ0v) is 8.91. The van der Waals surface area contributed by atoms with Crippen molar-refractivity contribution < 1.29 is 4.74 Å². The van der Waals surface area contributed by atoms with E-state index in [9.17, 15) is 0 Å². The van der Waals surface area contributed by atoms with Crippen molar-refractivity contribution in [1.82, 2.24) is 5.32 Å². The number of ether oxygens (including phenoxy) is 1. The molecule has 1 fully saturated rings. The van der Waals surface area contributed by atoms with Gasteiger partial charge in [-0.05, 0) is 36.9 Å². The van der Waals surface area contributed by atoms with Crippen molar-refractivity contribution in [1.29, 1.82) is 0 Å². The molecule has 0 aromatic heterocycles. The molecule has 0 bridgehead atoms. The van der Waals surface area contributed by atoms with Crippen LogP contribution in [0.5, 0.6) is 0 Å². The highest BCUT2D eigenvalue weighted by molar-refractivity contribution is 5.32. The molecule has 1 aromatic rings. The number of nitrogens with one attached hydrogen (secondary N) is 1. The summed E-state index contributed by atoms with van der Waals surface area (Å²) in [5, 5.41) is 3.34. The van der Waals surface area contributed by atoms with Crippen molar-refractivity contribution in [3.05, 3.63) is 35.4 Å². The summed E-state index contributed by atoms with van der Waals surface area (Å²) >= 11 is 0. The second-order valence-corrected chi connectivity index (χ2v) is 4.55. The molecule has 1 aromatic carbocycles. The maximum atomic E-state index is 6.09. The first-order valence-electron chi connectivity index (χ1n) is 5.85. The van der Waals surface area contributed by atoms with Gasteiger partial charge in [-0.2, -0.15) is 0 Å². The summed E-state index contributed by atoms with van der Waals surface area (Å²) in [6, 6.07) is 8.70. The van der Waals surface area contributed by atoms with E-state index in [1.54, 1.807) is 0 Å². The monoisotopic (exact) mass is 203 g/mol. The maximum Gasteiger partial charge on any atom is 0.0715 e. The SMILES string of the molecule is c1ccc2c(c1)CC(OC1CCNC1)C2. The molecular formula is C13H17NO. The van der Waals surface area contributed by atoms with Crippen LogP contribution in [0.2, 0.25) is 0 Å². The Labute approximate surface area is 90.6 Å². The highest BCUT2D eigenvalue weighted by Crippen LogP contribution is 2.25. The Bertz CT molecular complexity index is 319. The van der Waals surface area contributed by atoms with Gasteiger partial charge in [0.15, 0.2) is 0 Å².